The Hall–Kier alpha value is -1.86. The second-order valence-electron chi connectivity index (χ2n) is 7.55. The topological polar surface area (TPSA) is 126 Å². The Morgan fingerprint density at radius 2 is 1.64 bits per heavy atom. The molecule has 14 heteroatoms. The standard InChI is InChI=1S/C25H20ClN4O5S3.K/c1-33-19-9-15(10-20(34-2)23(19)35-3)13-36-21-12-18(26)17(11-22(21)38(31,32)28-14-27)25-30-29-24(37-25)16-7-5-4-6-8-16;/h4-12H,13H2,1-3H3;/q-1;+1. The molecule has 0 atom stereocenters. The molecule has 39 heavy (non-hydrogen) atoms. The largest absolute Gasteiger partial charge is 1.00 e. The van der Waals surface area contributed by atoms with Crippen molar-refractivity contribution >= 4 is 44.7 Å². The molecule has 0 saturated carbocycles. The summed E-state index contributed by atoms with van der Waals surface area (Å²) in [7, 11) is 0.229. The van der Waals surface area contributed by atoms with E-state index in [1.54, 1.807) is 12.1 Å². The fraction of sp³-hybridized carbons (Fsp3) is 0.160. The zero-order valence-electron chi connectivity index (χ0n) is 21.3. The number of aromatic nitrogens is 2. The van der Waals surface area contributed by atoms with Gasteiger partial charge in [-0.15, -0.1) is 22.0 Å². The molecule has 196 valence electrons. The first-order valence-corrected chi connectivity index (χ1v) is 14.4. The molecule has 0 N–H and O–H groups in total. The van der Waals surface area contributed by atoms with Crippen LogP contribution in [-0.2, 0) is 15.8 Å². The van der Waals surface area contributed by atoms with Gasteiger partial charge in [0, 0.05) is 21.8 Å². The molecule has 9 nitrogen and oxygen atoms in total. The molecule has 4 aromatic rings. The first kappa shape index (κ1) is 31.7. The van der Waals surface area contributed by atoms with E-state index >= 15 is 0 Å². The monoisotopic (exact) mass is 626 g/mol. The average molecular weight is 627 g/mol. The molecule has 0 fully saturated rings. The summed E-state index contributed by atoms with van der Waals surface area (Å²) < 4.78 is 45.2. The number of sulfonamides is 1. The number of ether oxygens (including phenoxy) is 3. The van der Waals surface area contributed by atoms with Crippen molar-refractivity contribution in [1.82, 2.24) is 10.2 Å². The number of rotatable bonds is 10. The summed E-state index contributed by atoms with van der Waals surface area (Å²) in [5.74, 6) is 1.71. The molecular weight excluding hydrogens is 607 g/mol. The Balaban J connectivity index is 0.00000420. The van der Waals surface area contributed by atoms with Crippen molar-refractivity contribution in [3.05, 3.63) is 69.9 Å². The van der Waals surface area contributed by atoms with E-state index in [4.69, 9.17) is 31.1 Å². The predicted octanol–water partition coefficient (Wildman–Crippen LogP) is 3.39. The van der Waals surface area contributed by atoms with E-state index < -0.39 is 10.0 Å². The third-order valence-electron chi connectivity index (χ3n) is 5.27. The Kier molecular flexibility index (Phi) is 11.5. The summed E-state index contributed by atoms with van der Waals surface area (Å²) in [4.78, 5) is 0.159. The average Bonchev–Trinajstić information content (AvgIpc) is 3.41. The van der Waals surface area contributed by atoms with Crippen molar-refractivity contribution in [3.63, 3.8) is 0 Å². The fourth-order valence-corrected chi connectivity index (χ4v) is 6.95. The van der Waals surface area contributed by atoms with Crippen LogP contribution >= 0.6 is 34.7 Å². The van der Waals surface area contributed by atoms with E-state index in [-0.39, 0.29) is 61.3 Å². The number of hydrogen-bond donors (Lipinski definition) is 0. The van der Waals surface area contributed by atoms with E-state index in [1.807, 2.05) is 30.3 Å². The predicted molar refractivity (Wildman–Crippen MR) is 148 cm³/mol. The van der Waals surface area contributed by atoms with Gasteiger partial charge in [-0.3, -0.25) is 0 Å². The number of benzene rings is 3. The van der Waals surface area contributed by atoms with Crippen molar-refractivity contribution in [2.24, 2.45) is 0 Å². The first-order chi connectivity index (χ1) is 18.3. The SMILES string of the molecule is COc1cc(CSc2cc(Cl)c(-c3nnc(-c4ccccc4)s3)cc2S(=O)(=O)[N-]C#N)cc(OC)c1OC.[K+]. The Bertz CT molecular complexity index is 1590. The molecule has 1 aromatic heterocycles. The quantitative estimate of drug-likeness (QED) is 0.148. The van der Waals surface area contributed by atoms with Crippen LogP contribution < -0.4 is 65.6 Å². The van der Waals surface area contributed by atoms with E-state index in [0.29, 0.717) is 43.5 Å². The number of nitrogens with zero attached hydrogens (tertiary/aromatic N) is 4. The normalized spacial score (nSPS) is 10.7. The van der Waals surface area contributed by atoms with Crippen LogP contribution in [0.15, 0.2) is 64.4 Å². The summed E-state index contributed by atoms with van der Waals surface area (Å²) in [6, 6.07) is 15.9. The number of hydrogen-bond acceptors (Lipinski definition) is 10. The van der Waals surface area contributed by atoms with E-state index in [2.05, 4.69) is 14.9 Å². The minimum atomic E-state index is -4.30. The van der Waals surface area contributed by atoms with Gasteiger partial charge >= 0.3 is 51.4 Å². The molecule has 0 aliphatic heterocycles. The van der Waals surface area contributed by atoms with Crippen molar-refractivity contribution in [3.8, 4) is 44.6 Å². The van der Waals surface area contributed by atoms with Gasteiger partial charge in [-0.05, 0) is 29.8 Å². The van der Waals surface area contributed by atoms with Crippen LogP contribution in [0.25, 0.3) is 25.9 Å². The first-order valence-electron chi connectivity index (χ1n) is 10.8. The molecule has 0 amide bonds. The van der Waals surface area contributed by atoms with Crippen LogP contribution in [0.4, 0.5) is 0 Å². The summed E-state index contributed by atoms with van der Waals surface area (Å²) in [6.45, 7) is 0. The van der Waals surface area contributed by atoms with E-state index in [0.717, 1.165) is 11.1 Å². The Labute approximate surface area is 282 Å². The van der Waals surface area contributed by atoms with Gasteiger partial charge in [-0.2, -0.15) is 0 Å². The van der Waals surface area contributed by atoms with Gasteiger partial charge in [0.05, 0.1) is 31.2 Å². The van der Waals surface area contributed by atoms with E-state index in [1.165, 1.54) is 62.8 Å². The van der Waals surface area contributed by atoms with Gasteiger partial charge in [-0.1, -0.05) is 59.5 Å². The molecule has 4 rings (SSSR count). The maximum Gasteiger partial charge on any atom is 1.00 e. The molecule has 0 unspecified atom stereocenters. The Morgan fingerprint density at radius 3 is 2.23 bits per heavy atom. The maximum absolute atomic E-state index is 12.9. The zero-order chi connectivity index (χ0) is 27.3. The molecule has 3 aromatic carbocycles. The van der Waals surface area contributed by atoms with Crippen LogP contribution in [0.5, 0.6) is 17.2 Å². The maximum atomic E-state index is 12.9. The van der Waals surface area contributed by atoms with Crippen LogP contribution in [0.2, 0.25) is 5.02 Å². The van der Waals surface area contributed by atoms with Crippen molar-refractivity contribution in [2.75, 3.05) is 21.3 Å². The smallest absolute Gasteiger partial charge is 0.493 e. The van der Waals surface area contributed by atoms with Crippen molar-refractivity contribution in [1.29, 1.82) is 5.26 Å². The zero-order valence-corrected chi connectivity index (χ0v) is 27.7. The van der Waals surface area contributed by atoms with Gasteiger partial charge in [0.25, 0.3) is 0 Å². The van der Waals surface area contributed by atoms with Gasteiger partial charge < -0.3 is 24.2 Å². The molecule has 0 radical (unpaired) electrons. The van der Waals surface area contributed by atoms with Gasteiger partial charge in [0.1, 0.15) is 10.0 Å². The number of thioether (sulfide) groups is 1. The molecule has 1 heterocycles. The van der Waals surface area contributed by atoms with Crippen molar-refractivity contribution < 1.29 is 74.0 Å². The van der Waals surface area contributed by atoms with E-state index in [9.17, 15) is 8.42 Å². The minimum Gasteiger partial charge on any atom is -0.493 e. The summed E-state index contributed by atoms with van der Waals surface area (Å²) in [5, 5.41) is 18.8. The third-order valence-corrected chi connectivity index (χ3v) is 9.06. The number of halogens is 1. The van der Waals surface area contributed by atoms with Gasteiger partial charge in [0.2, 0.25) is 15.8 Å². The molecule has 0 aliphatic rings. The minimum absolute atomic E-state index is 0. The van der Waals surface area contributed by atoms with Crippen molar-refractivity contribution in [2.45, 2.75) is 15.5 Å². The fourth-order valence-electron chi connectivity index (χ4n) is 3.53. The Morgan fingerprint density at radius 1 is 1.00 bits per heavy atom. The summed E-state index contributed by atoms with van der Waals surface area (Å²) in [5.41, 5.74) is 2.02. The van der Waals surface area contributed by atoms with Crippen LogP contribution in [0.1, 0.15) is 5.56 Å². The second-order valence-corrected chi connectivity index (χ2v) is 11.5. The van der Waals surface area contributed by atoms with Crippen LogP contribution in [-0.4, -0.2) is 39.9 Å². The molecule has 0 spiro atoms. The molecule has 0 saturated heterocycles. The third kappa shape index (κ3) is 7.26. The van der Waals surface area contributed by atoms with Crippen LogP contribution in [0.3, 0.4) is 0 Å². The second kappa shape index (κ2) is 14.2. The molecule has 0 aliphatic carbocycles. The van der Waals surface area contributed by atoms with Gasteiger partial charge in [-0.25, -0.2) is 8.42 Å². The number of methoxy groups -OCH3 is 3. The summed E-state index contributed by atoms with van der Waals surface area (Å²) in [6.07, 6.45) is 1.37. The molecule has 0 bridgehead atoms. The van der Waals surface area contributed by atoms with Crippen LogP contribution in [0, 0.1) is 11.5 Å². The number of nitriles is 1. The van der Waals surface area contributed by atoms with Gasteiger partial charge in [0.15, 0.2) is 11.5 Å². The molecular formula is C25H20ClKN4O5S3. The summed E-state index contributed by atoms with van der Waals surface area (Å²) >= 11 is 9.09.